The van der Waals surface area contributed by atoms with Crippen molar-refractivity contribution >= 4 is 11.6 Å². The highest BCUT2D eigenvalue weighted by atomic mass is 16.5. The van der Waals surface area contributed by atoms with Crippen molar-refractivity contribution in [2.24, 2.45) is 11.7 Å². The van der Waals surface area contributed by atoms with Crippen LogP contribution in [0.1, 0.15) is 27.2 Å². The molecule has 0 saturated heterocycles. The molecule has 1 amide bonds. The number of carbonyl (C=O) groups is 1. The fraction of sp³-hybridized carbons (Fsp3) is 0.500. The molecule has 3 N–H and O–H groups in total. The molecular formula is C14H22N2O2. The van der Waals surface area contributed by atoms with Crippen LogP contribution in [0.2, 0.25) is 0 Å². The lowest BCUT2D eigenvalue weighted by molar-refractivity contribution is -0.118. The van der Waals surface area contributed by atoms with E-state index < -0.39 is 6.04 Å². The van der Waals surface area contributed by atoms with Crippen LogP contribution in [-0.4, -0.2) is 18.6 Å². The maximum Gasteiger partial charge on any atom is 0.241 e. The summed E-state index contributed by atoms with van der Waals surface area (Å²) in [5.74, 6) is 0.771. The molecule has 1 aromatic carbocycles. The number of hydrogen-bond acceptors (Lipinski definition) is 3. The molecular weight excluding hydrogens is 228 g/mol. The van der Waals surface area contributed by atoms with Crippen LogP contribution >= 0.6 is 0 Å². The van der Waals surface area contributed by atoms with Crippen LogP contribution in [0.5, 0.6) is 5.75 Å². The van der Waals surface area contributed by atoms with E-state index in [4.69, 9.17) is 10.5 Å². The minimum Gasteiger partial charge on any atom is -0.494 e. The Morgan fingerprint density at radius 3 is 2.44 bits per heavy atom. The molecule has 0 unspecified atom stereocenters. The summed E-state index contributed by atoms with van der Waals surface area (Å²) in [5.41, 5.74) is 6.50. The van der Waals surface area contributed by atoms with Gasteiger partial charge in [0.2, 0.25) is 5.91 Å². The van der Waals surface area contributed by atoms with E-state index >= 15 is 0 Å². The number of ether oxygens (including phenoxy) is 1. The highest BCUT2D eigenvalue weighted by Crippen LogP contribution is 2.16. The molecule has 0 spiro atoms. The predicted octanol–water partition coefficient (Wildman–Crippen LogP) is 2.40. The molecule has 0 saturated carbocycles. The third-order valence-corrected chi connectivity index (χ3v) is 2.62. The Morgan fingerprint density at radius 2 is 1.94 bits per heavy atom. The van der Waals surface area contributed by atoms with Gasteiger partial charge < -0.3 is 15.8 Å². The third-order valence-electron chi connectivity index (χ3n) is 2.62. The summed E-state index contributed by atoms with van der Waals surface area (Å²) in [4.78, 5) is 11.7. The Kier molecular flexibility index (Phi) is 5.65. The standard InChI is InChI=1S/C14H22N2O2/c1-4-9-18-12-7-5-11(6-8-12)16-14(17)13(15)10(2)3/h5-8,10,13H,4,9,15H2,1-3H3,(H,16,17)/t13-/m1/s1. The van der Waals surface area contributed by atoms with E-state index in [0.29, 0.717) is 6.61 Å². The monoisotopic (exact) mass is 250 g/mol. The van der Waals surface area contributed by atoms with Crippen molar-refractivity contribution in [3.8, 4) is 5.75 Å². The SMILES string of the molecule is CCCOc1ccc(NC(=O)[C@H](N)C(C)C)cc1. The topological polar surface area (TPSA) is 64.3 Å². The van der Waals surface area contributed by atoms with E-state index in [2.05, 4.69) is 12.2 Å². The predicted molar refractivity (Wildman–Crippen MR) is 73.7 cm³/mol. The number of anilines is 1. The van der Waals surface area contributed by atoms with E-state index in [-0.39, 0.29) is 11.8 Å². The van der Waals surface area contributed by atoms with Gasteiger partial charge in [0, 0.05) is 5.69 Å². The maximum absolute atomic E-state index is 11.7. The molecule has 100 valence electrons. The Labute approximate surface area is 109 Å². The lowest BCUT2D eigenvalue weighted by Crippen LogP contribution is -2.39. The summed E-state index contributed by atoms with van der Waals surface area (Å²) < 4.78 is 5.46. The molecule has 0 radical (unpaired) electrons. The summed E-state index contributed by atoms with van der Waals surface area (Å²) in [6.07, 6.45) is 0.974. The highest BCUT2D eigenvalue weighted by Gasteiger charge is 2.16. The average molecular weight is 250 g/mol. The normalized spacial score (nSPS) is 12.3. The minimum atomic E-state index is -0.485. The molecule has 0 aliphatic carbocycles. The van der Waals surface area contributed by atoms with Gasteiger partial charge in [0.1, 0.15) is 5.75 Å². The van der Waals surface area contributed by atoms with E-state index in [0.717, 1.165) is 17.9 Å². The number of amides is 1. The molecule has 18 heavy (non-hydrogen) atoms. The first kappa shape index (κ1) is 14.5. The number of benzene rings is 1. The maximum atomic E-state index is 11.7. The van der Waals surface area contributed by atoms with Crippen LogP contribution in [0.4, 0.5) is 5.69 Å². The quantitative estimate of drug-likeness (QED) is 0.814. The van der Waals surface area contributed by atoms with Crippen LogP contribution in [0.15, 0.2) is 24.3 Å². The number of hydrogen-bond donors (Lipinski definition) is 2. The van der Waals surface area contributed by atoms with Gasteiger partial charge in [-0.2, -0.15) is 0 Å². The average Bonchev–Trinajstić information content (AvgIpc) is 2.36. The van der Waals surface area contributed by atoms with Gasteiger partial charge in [0.05, 0.1) is 12.6 Å². The van der Waals surface area contributed by atoms with Crippen LogP contribution in [0, 0.1) is 5.92 Å². The van der Waals surface area contributed by atoms with Gasteiger partial charge in [0.25, 0.3) is 0 Å². The summed E-state index contributed by atoms with van der Waals surface area (Å²) >= 11 is 0. The first-order chi connectivity index (χ1) is 8.54. The molecule has 0 fully saturated rings. The molecule has 1 aromatic rings. The second-order valence-corrected chi connectivity index (χ2v) is 4.63. The molecule has 0 heterocycles. The Hall–Kier alpha value is -1.55. The van der Waals surface area contributed by atoms with Crippen LogP contribution in [-0.2, 0) is 4.79 Å². The zero-order valence-corrected chi connectivity index (χ0v) is 11.3. The number of rotatable bonds is 6. The fourth-order valence-electron chi connectivity index (χ4n) is 1.38. The van der Waals surface area contributed by atoms with Crippen molar-refractivity contribution in [1.29, 1.82) is 0 Å². The molecule has 0 aliphatic heterocycles. The molecule has 1 atom stereocenters. The Balaban J connectivity index is 2.55. The summed E-state index contributed by atoms with van der Waals surface area (Å²) in [7, 11) is 0. The lowest BCUT2D eigenvalue weighted by Gasteiger charge is -2.15. The van der Waals surface area contributed by atoms with Crippen molar-refractivity contribution in [2.75, 3.05) is 11.9 Å². The minimum absolute atomic E-state index is 0.122. The van der Waals surface area contributed by atoms with Gasteiger partial charge in [0.15, 0.2) is 0 Å². The van der Waals surface area contributed by atoms with Crippen molar-refractivity contribution in [1.82, 2.24) is 0 Å². The van der Waals surface area contributed by atoms with Crippen molar-refractivity contribution < 1.29 is 9.53 Å². The Morgan fingerprint density at radius 1 is 1.33 bits per heavy atom. The van der Waals surface area contributed by atoms with Crippen LogP contribution in [0.3, 0.4) is 0 Å². The fourth-order valence-corrected chi connectivity index (χ4v) is 1.38. The zero-order valence-electron chi connectivity index (χ0n) is 11.3. The number of nitrogens with one attached hydrogen (secondary N) is 1. The van der Waals surface area contributed by atoms with Crippen molar-refractivity contribution in [3.05, 3.63) is 24.3 Å². The van der Waals surface area contributed by atoms with Crippen LogP contribution in [0.25, 0.3) is 0 Å². The largest absolute Gasteiger partial charge is 0.494 e. The molecule has 0 aromatic heterocycles. The molecule has 1 rings (SSSR count). The molecule has 4 nitrogen and oxygen atoms in total. The number of carbonyl (C=O) groups excluding carboxylic acids is 1. The van der Waals surface area contributed by atoms with E-state index in [9.17, 15) is 4.79 Å². The molecule has 0 aliphatic rings. The van der Waals surface area contributed by atoms with Gasteiger partial charge in [-0.15, -0.1) is 0 Å². The lowest BCUT2D eigenvalue weighted by atomic mass is 10.1. The first-order valence-electron chi connectivity index (χ1n) is 6.34. The third kappa shape index (κ3) is 4.37. The smallest absolute Gasteiger partial charge is 0.241 e. The van der Waals surface area contributed by atoms with Gasteiger partial charge in [-0.05, 0) is 36.6 Å². The summed E-state index contributed by atoms with van der Waals surface area (Å²) in [6.45, 7) is 6.60. The summed E-state index contributed by atoms with van der Waals surface area (Å²) in [6, 6.07) is 6.82. The highest BCUT2D eigenvalue weighted by molar-refractivity contribution is 5.94. The first-order valence-corrected chi connectivity index (χ1v) is 6.34. The molecule has 0 bridgehead atoms. The Bertz CT molecular complexity index is 374. The van der Waals surface area contributed by atoms with Gasteiger partial charge in [-0.25, -0.2) is 0 Å². The van der Waals surface area contributed by atoms with E-state index in [1.807, 2.05) is 38.1 Å². The van der Waals surface area contributed by atoms with Gasteiger partial charge in [-0.1, -0.05) is 20.8 Å². The van der Waals surface area contributed by atoms with Crippen LogP contribution < -0.4 is 15.8 Å². The van der Waals surface area contributed by atoms with E-state index in [1.165, 1.54) is 0 Å². The van der Waals surface area contributed by atoms with Crippen molar-refractivity contribution in [2.45, 2.75) is 33.2 Å². The second kappa shape index (κ2) is 7.01. The molecule has 4 heteroatoms. The van der Waals surface area contributed by atoms with Crippen molar-refractivity contribution in [3.63, 3.8) is 0 Å². The van der Waals surface area contributed by atoms with E-state index in [1.54, 1.807) is 0 Å². The second-order valence-electron chi connectivity index (χ2n) is 4.63. The number of nitrogens with two attached hydrogens (primary N) is 1. The zero-order chi connectivity index (χ0) is 13.5. The van der Waals surface area contributed by atoms with Gasteiger partial charge >= 0.3 is 0 Å². The summed E-state index contributed by atoms with van der Waals surface area (Å²) in [5, 5.41) is 2.79. The van der Waals surface area contributed by atoms with Gasteiger partial charge in [-0.3, -0.25) is 4.79 Å².